The fourth-order valence-electron chi connectivity index (χ4n) is 3.98. The van der Waals surface area contributed by atoms with E-state index in [9.17, 15) is 8.42 Å². The van der Waals surface area contributed by atoms with Gasteiger partial charge in [-0.25, -0.2) is 8.42 Å². The summed E-state index contributed by atoms with van der Waals surface area (Å²) in [5.74, 6) is 1.61. The van der Waals surface area contributed by atoms with Crippen molar-refractivity contribution >= 4 is 27.1 Å². The first kappa shape index (κ1) is 20.6. The summed E-state index contributed by atoms with van der Waals surface area (Å²) in [7, 11) is -1.25. The van der Waals surface area contributed by atoms with Gasteiger partial charge in [-0.3, -0.25) is 9.89 Å². The Morgan fingerprint density at radius 1 is 1.41 bits per heavy atom. The molecule has 0 bridgehead atoms. The second-order valence-electron chi connectivity index (χ2n) is 8.25. The molecule has 0 saturated carbocycles. The van der Waals surface area contributed by atoms with Gasteiger partial charge in [-0.15, -0.1) is 11.3 Å². The number of sulfone groups is 1. The molecule has 1 unspecified atom stereocenters. The standard InChI is InChI=1S/C19H32N4O2S2/c1-19(2)15-23(9-11-27(19,24)25)18(20-3)21-12-16-6-4-8-22(13-16)14-17-7-5-10-26-17/h5,7,10,16H,4,6,8-9,11-15H2,1-3H3,(H,20,21). The lowest BCUT2D eigenvalue weighted by molar-refractivity contribution is 0.169. The summed E-state index contributed by atoms with van der Waals surface area (Å²) in [5, 5.41) is 5.65. The summed E-state index contributed by atoms with van der Waals surface area (Å²) in [5.41, 5.74) is 0. The molecule has 2 aliphatic rings. The Balaban J connectivity index is 1.52. The molecule has 0 aromatic carbocycles. The van der Waals surface area contributed by atoms with Crippen LogP contribution < -0.4 is 5.32 Å². The van der Waals surface area contributed by atoms with Gasteiger partial charge in [0.05, 0.1) is 10.5 Å². The van der Waals surface area contributed by atoms with E-state index in [1.165, 1.54) is 24.3 Å². The first-order valence-corrected chi connectivity index (χ1v) is 12.3. The van der Waals surface area contributed by atoms with Gasteiger partial charge in [-0.05, 0) is 50.6 Å². The third-order valence-electron chi connectivity index (χ3n) is 5.67. The normalized spacial score (nSPS) is 26.1. The summed E-state index contributed by atoms with van der Waals surface area (Å²) >= 11 is 1.83. The third-order valence-corrected chi connectivity index (χ3v) is 9.06. The summed E-state index contributed by atoms with van der Waals surface area (Å²) in [4.78, 5) is 10.5. The minimum Gasteiger partial charge on any atom is -0.356 e. The number of nitrogens with zero attached hydrogens (tertiary/aromatic N) is 3. The molecule has 6 nitrogen and oxygen atoms in total. The molecular formula is C19H32N4O2S2. The lowest BCUT2D eigenvalue weighted by Gasteiger charge is -2.40. The van der Waals surface area contributed by atoms with Crippen molar-refractivity contribution in [1.29, 1.82) is 0 Å². The van der Waals surface area contributed by atoms with Crippen LogP contribution in [0.3, 0.4) is 0 Å². The molecule has 1 N–H and O–H groups in total. The maximum absolute atomic E-state index is 12.2. The zero-order valence-electron chi connectivity index (χ0n) is 16.6. The number of hydrogen-bond donors (Lipinski definition) is 1. The Morgan fingerprint density at radius 2 is 2.22 bits per heavy atom. The summed E-state index contributed by atoms with van der Waals surface area (Å²) in [6.45, 7) is 8.82. The number of aliphatic imine (C=N–C) groups is 1. The molecule has 8 heteroatoms. The first-order valence-electron chi connectivity index (χ1n) is 9.73. The fraction of sp³-hybridized carbons (Fsp3) is 0.737. The Kier molecular flexibility index (Phi) is 6.48. The average molecular weight is 413 g/mol. The second-order valence-corrected chi connectivity index (χ2v) is 12.0. The van der Waals surface area contributed by atoms with Crippen LogP contribution in [0.15, 0.2) is 22.5 Å². The van der Waals surface area contributed by atoms with Crippen LogP contribution >= 0.6 is 11.3 Å². The van der Waals surface area contributed by atoms with Crippen molar-refractivity contribution in [1.82, 2.24) is 15.1 Å². The fourth-order valence-corrected chi connectivity index (χ4v) is 6.09. The van der Waals surface area contributed by atoms with Crippen molar-refractivity contribution in [2.75, 3.05) is 45.5 Å². The number of nitrogens with one attached hydrogen (secondary N) is 1. The van der Waals surface area contributed by atoms with Gasteiger partial charge in [-0.1, -0.05) is 6.07 Å². The van der Waals surface area contributed by atoms with E-state index in [0.29, 0.717) is 19.0 Å². The van der Waals surface area contributed by atoms with Gasteiger partial charge in [0.1, 0.15) is 0 Å². The van der Waals surface area contributed by atoms with E-state index in [4.69, 9.17) is 0 Å². The van der Waals surface area contributed by atoms with Crippen LogP contribution in [0, 0.1) is 5.92 Å². The van der Waals surface area contributed by atoms with Crippen LogP contribution in [0.25, 0.3) is 0 Å². The Labute approximate surface area is 167 Å². The zero-order chi connectivity index (χ0) is 19.5. The van der Waals surface area contributed by atoms with Gasteiger partial charge in [0.15, 0.2) is 15.8 Å². The Hall–Kier alpha value is -1.12. The van der Waals surface area contributed by atoms with Crippen LogP contribution in [-0.2, 0) is 16.4 Å². The SMILES string of the molecule is CN=C(NCC1CCCN(Cc2cccs2)C1)N1CCS(=O)(=O)C(C)(C)C1. The summed E-state index contributed by atoms with van der Waals surface area (Å²) in [6.07, 6.45) is 2.45. The largest absolute Gasteiger partial charge is 0.356 e. The van der Waals surface area contributed by atoms with Gasteiger partial charge in [0.2, 0.25) is 0 Å². The molecule has 0 radical (unpaired) electrons. The summed E-state index contributed by atoms with van der Waals surface area (Å²) < 4.78 is 23.7. The highest BCUT2D eigenvalue weighted by Gasteiger charge is 2.41. The molecule has 1 aromatic rings. The number of rotatable bonds is 4. The van der Waals surface area contributed by atoms with Crippen LogP contribution in [0.5, 0.6) is 0 Å². The van der Waals surface area contributed by atoms with Crippen molar-refractivity contribution in [2.45, 2.75) is 38.0 Å². The second kappa shape index (κ2) is 8.49. The highest BCUT2D eigenvalue weighted by molar-refractivity contribution is 7.92. The van der Waals surface area contributed by atoms with Gasteiger partial charge in [0, 0.05) is 44.6 Å². The van der Waals surface area contributed by atoms with Gasteiger partial charge in [-0.2, -0.15) is 0 Å². The summed E-state index contributed by atoms with van der Waals surface area (Å²) in [6, 6.07) is 4.33. The lowest BCUT2D eigenvalue weighted by Crippen LogP contribution is -2.57. The molecule has 1 aromatic heterocycles. The molecule has 27 heavy (non-hydrogen) atoms. The van der Waals surface area contributed by atoms with Crippen molar-refractivity contribution in [3.63, 3.8) is 0 Å². The third kappa shape index (κ3) is 5.03. The van der Waals surface area contributed by atoms with Crippen molar-refractivity contribution in [2.24, 2.45) is 10.9 Å². The first-order chi connectivity index (χ1) is 12.8. The molecule has 2 fully saturated rings. The van der Waals surface area contributed by atoms with E-state index in [2.05, 4.69) is 37.6 Å². The highest BCUT2D eigenvalue weighted by Crippen LogP contribution is 2.24. The van der Waals surface area contributed by atoms with Crippen molar-refractivity contribution in [3.8, 4) is 0 Å². The molecule has 152 valence electrons. The monoisotopic (exact) mass is 412 g/mol. The molecule has 0 amide bonds. The van der Waals surface area contributed by atoms with Gasteiger partial charge in [0.25, 0.3) is 0 Å². The van der Waals surface area contributed by atoms with Crippen molar-refractivity contribution < 1.29 is 8.42 Å². The lowest BCUT2D eigenvalue weighted by atomic mass is 9.98. The minimum atomic E-state index is -3.03. The zero-order valence-corrected chi connectivity index (χ0v) is 18.3. The number of guanidine groups is 1. The maximum Gasteiger partial charge on any atom is 0.193 e. The van der Waals surface area contributed by atoms with E-state index in [0.717, 1.165) is 25.6 Å². The van der Waals surface area contributed by atoms with E-state index in [1.807, 2.05) is 25.2 Å². The van der Waals surface area contributed by atoms with Crippen LogP contribution in [0.2, 0.25) is 0 Å². The van der Waals surface area contributed by atoms with Gasteiger partial charge >= 0.3 is 0 Å². The van der Waals surface area contributed by atoms with E-state index < -0.39 is 14.6 Å². The highest BCUT2D eigenvalue weighted by atomic mass is 32.2. The molecule has 0 aliphatic carbocycles. The molecule has 2 aliphatic heterocycles. The smallest absolute Gasteiger partial charge is 0.193 e. The number of piperidine rings is 1. The van der Waals surface area contributed by atoms with E-state index >= 15 is 0 Å². The van der Waals surface area contributed by atoms with Crippen LogP contribution in [0.4, 0.5) is 0 Å². The van der Waals surface area contributed by atoms with Gasteiger partial charge < -0.3 is 10.2 Å². The van der Waals surface area contributed by atoms with E-state index in [1.54, 1.807) is 7.05 Å². The minimum absolute atomic E-state index is 0.193. The quantitative estimate of drug-likeness (QED) is 0.606. The maximum atomic E-state index is 12.2. The Morgan fingerprint density at radius 3 is 2.89 bits per heavy atom. The number of thiophene rings is 1. The number of likely N-dealkylation sites (tertiary alicyclic amines) is 1. The molecule has 1 atom stereocenters. The molecule has 2 saturated heterocycles. The molecule has 3 heterocycles. The van der Waals surface area contributed by atoms with Crippen LogP contribution in [0.1, 0.15) is 31.6 Å². The Bertz CT molecular complexity index is 744. The predicted octanol–water partition coefficient (Wildman–Crippen LogP) is 2.04. The predicted molar refractivity (Wildman–Crippen MR) is 113 cm³/mol. The molecule has 3 rings (SSSR count). The number of hydrogen-bond acceptors (Lipinski definition) is 5. The van der Waals surface area contributed by atoms with E-state index in [-0.39, 0.29) is 5.75 Å². The van der Waals surface area contributed by atoms with Crippen LogP contribution in [-0.4, -0.2) is 74.4 Å². The topological polar surface area (TPSA) is 65.0 Å². The van der Waals surface area contributed by atoms with Crippen molar-refractivity contribution in [3.05, 3.63) is 22.4 Å². The average Bonchev–Trinajstić information content (AvgIpc) is 3.12. The molecule has 0 spiro atoms. The molecular weight excluding hydrogens is 380 g/mol.